The Morgan fingerprint density at radius 3 is 2.34 bits per heavy atom. The van der Waals surface area contributed by atoms with Crippen LogP contribution in [-0.4, -0.2) is 44.7 Å². The maximum absolute atomic E-state index is 13.0. The summed E-state index contributed by atoms with van der Waals surface area (Å²) in [6, 6.07) is 14.1. The Morgan fingerprint density at radius 2 is 1.66 bits per heavy atom. The average Bonchev–Trinajstić information content (AvgIpc) is 2.77. The highest BCUT2D eigenvalue weighted by Gasteiger charge is 2.15. The molecule has 0 amide bonds. The van der Waals surface area contributed by atoms with Crippen molar-refractivity contribution in [3.8, 4) is 0 Å². The maximum Gasteiger partial charge on any atom is 0.236 e. The molecule has 168 valence electrons. The smallest absolute Gasteiger partial charge is 0.236 e. The van der Waals surface area contributed by atoms with Gasteiger partial charge in [-0.25, -0.2) is 17.8 Å². The van der Waals surface area contributed by atoms with E-state index >= 15 is 0 Å². The summed E-state index contributed by atoms with van der Waals surface area (Å²) in [4.78, 5) is 11.2. The van der Waals surface area contributed by atoms with Crippen LogP contribution in [0.1, 0.15) is 11.3 Å². The molecule has 2 aromatic carbocycles. The fourth-order valence-corrected chi connectivity index (χ4v) is 4.51. The van der Waals surface area contributed by atoms with E-state index in [0.717, 1.165) is 24.5 Å². The first-order chi connectivity index (χ1) is 15.4. The molecule has 0 saturated carbocycles. The third-order valence-electron chi connectivity index (χ3n) is 4.84. The second kappa shape index (κ2) is 9.49. The number of hydrogen-bond donors (Lipinski definition) is 2. The van der Waals surface area contributed by atoms with Gasteiger partial charge in [-0.2, -0.15) is 4.98 Å². The lowest BCUT2D eigenvalue weighted by Gasteiger charge is -2.27. The minimum Gasteiger partial charge on any atom is -0.378 e. The molecule has 0 aliphatic carbocycles. The lowest BCUT2D eigenvalue weighted by molar-refractivity contribution is 0.122. The minimum atomic E-state index is -3.63. The van der Waals surface area contributed by atoms with Crippen molar-refractivity contribution in [3.63, 3.8) is 0 Å². The number of nitrogens with one attached hydrogen (secondary N) is 2. The molecule has 0 spiro atoms. The number of nitrogens with zero attached hydrogens (tertiary/aromatic N) is 3. The zero-order valence-electron chi connectivity index (χ0n) is 17.6. The summed E-state index contributed by atoms with van der Waals surface area (Å²) >= 11 is 0. The van der Waals surface area contributed by atoms with Gasteiger partial charge in [-0.05, 0) is 48.9 Å². The topological polar surface area (TPSA) is 96.5 Å². The van der Waals surface area contributed by atoms with Gasteiger partial charge in [0.05, 0.1) is 19.0 Å². The van der Waals surface area contributed by atoms with Crippen LogP contribution in [0.25, 0.3) is 0 Å². The second-order valence-corrected chi connectivity index (χ2v) is 9.21. The standard InChI is InChI=1S/C22H24FN5O3S/c1-16-14-21(26-22(24-16)28-10-12-31-13-11-28)25-19-6-8-20(9-7-19)27-32(29,30)15-17-2-4-18(23)5-3-17/h2-9,14,27H,10-13,15H2,1H3,(H,24,25,26). The summed E-state index contributed by atoms with van der Waals surface area (Å²) in [5, 5.41) is 3.24. The number of aromatic nitrogens is 2. The quantitative estimate of drug-likeness (QED) is 0.561. The molecule has 0 bridgehead atoms. The van der Waals surface area contributed by atoms with Crippen molar-refractivity contribution in [2.24, 2.45) is 0 Å². The molecule has 2 heterocycles. The molecule has 0 radical (unpaired) electrons. The van der Waals surface area contributed by atoms with Crippen LogP contribution in [0.2, 0.25) is 0 Å². The zero-order chi connectivity index (χ0) is 22.6. The number of ether oxygens (including phenoxy) is 1. The van der Waals surface area contributed by atoms with Crippen LogP contribution in [0.15, 0.2) is 54.6 Å². The number of sulfonamides is 1. The van der Waals surface area contributed by atoms with Gasteiger partial charge < -0.3 is 15.0 Å². The molecule has 1 aliphatic rings. The van der Waals surface area contributed by atoms with Crippen LogP contribution in [0, 0.1) is 12.7 Å². The van der Waals surface area contributed by atoms with Crippen molar-refractivity contribution in [2.75, 3.05) is 41.2 Å². The summed E-state index contributed by atoms with van der Waals surface area (Å²) in [5.41, 5.74) is 2.55. The largest absolute Gasteiger partial charge is 0.378 e. The molecule has 4 rings (SSSR count). The first-order valence-electron chi connectivity index (χ1n) is 10.2. The van der Waals surface area contributed by atoms with Crippen molar-refractivity contribution < 1.29 is 17.5 Å². The van der Waals surface area contributed by atoms with Gasteiger partial charge in [0, 0.05) is 36.2 Å². The van der Waals surface area contributed by atoms with Crippen molar-refractivity contribution in [1.29, 1.82) is 0 Å². The van der Waals surface area contributed by atoms with Crippen LogP contribution in [0.3, 0.4) is 0 Å². The number of hydrogen-bond acceptors (Lipinski definition) is 7. The summed E-state index contributed by atoms with van der Waals surface area (Å²) in [6.45, 7) is 4.71. The fraction of sp³-hybridized carbons (Fsp3) is 0.273. The molecule has 1 saturated heterocycles. The monoisotopic (exact) mass is 457 g/mol. The molecule has 8 nitrogen and oxygen atoms in total. The highest BCUT2D eigenvalue weighted by Crippen LogP contribution is 2.22. The number of aryl methyl sites for hydroxylation is 1. The average molecular weight is 458 g/mol. The van der Waals surface area contributed by atoms with Gasteiger partial charge in [0.1, 0.15) is 11.6 Å². The van der Waals surface area contributed by atoms with Gasteiger partial charge >= 0.3 is 0 Å². The maximum atomic E-state index is 13.0. The fourth-order valence-electron chi connectivity index (χ4n) is 3.31. The first-order valence-corrected chi connectivity index (χ1v) is 11.8. The molecular weight excluding hydrogens is 433 g/mol. The van der Waals surface area contributed by atoms with Crippen LogP contribution in [0.4, 0.5) is 27.5 Å². The zero-order valence-corrected chi connectivity index (χ0v) is 18.4. The molecule has 3 aromatic rings. The first kappa shape index (κ1) is 22.0. The van der Waals surface area contributed by atoms with E-state index in [0.29, 0.717) is 36.2 Å². The summed E-state index contributed by atoms with van der Waals surface area (Å²) in [7, 11) is -3.63. The number of benzene rings is 2. The van der Waals surface area contributed by atoms with Crippen molar-refractivity contribution in [3.05, 3.63) is 71.7 Å². The number of anilines is 4. The van der Waals surface area contributed by atoms with E-state index in [4.69, 9.17) is 4.74 Å². The molecule has 1 fully saturated rings. The van der Waals surface area contributed by atoms with E-state index in [2.05, 4.69) is 24.9 Å². The second-order valence-electron chi connectivity index (χ2n) is 7.48. The Hall–Kier alpha value is -3.24. The van der Waals surface area contributed by atoms with Gasteiger partial charge in [-0.15, -0.1) is 0 Å². The summed E-state index contributed by atoms with van der Waals surface area (Å²) in [6.07, 6.45) is 0. The van der Waals surface area contributed by atoms with E-state index in [1.807, 2.05) is 13.0 Å². The Balaban J connectivity index is 1.41. The van der Waals surface area contributed by atoms with Crippen molar-refractivity contribution in [1.82, 2.24) is 9.97 Å². The van der Waals surface area contributed by atoms with Crippen LogP contribution >= 0.6 is 0 Å². The third-order valence-corrected chi connectivity index (χ3v) is 6.10. The van der Waals surface area contributed by atoms with Crippen molar-refractivity contribution in [2.45, 2.75) is 12.7 Å². The molecule has 2 N–H and O–H groups in total. The molecule has 1 aliphatic heterocycles. The van der Waals surface area contributed by atoms with E-state index < -0.39 is 15.8 Å². The number of halogens is 1. The highest BCUT2D eigenvalue weighted by molar-refractivity contribution is 7.91. The summed E-state index contributed by atoms with van der Waals surface area (Å²) < 4.78 is 45.7. The molecular formula is C22H24FN5O3S. The van der Waals surface area contributed by atoms with E-state index in [1.165, 1.54) is 24.3 Å². The Labute approximate surface area is 186 Å². The lowest BCUT2D eigenvalue weighted by atomic mass is 10.2. The van der Waals surface area contributed by atoms with Crippen LogP contribution < -0.4 is 14.9 Å². The van der Waals surface area contributed by atoms with E-state index in [9.17, 15) is 12.8 Å². The molecule has 10 heteroatoms. The highest BCUT2D eigenvalue weighted by atomic mass is 32.2. The van der Waals surface area contributed by atoms with E-state index in [1.54, 1.807) is 24.3 Å². The molecule has 0 atom stereocenters. The normalized spacial score (nSPS) is 14.2. The van der Waals surface area contributed by atoms with Crippen molar-refractivity contribution >= 4 is 33.2 Å². The predicted octanol–water partition coefficient (Wildman–Crippen LogP) is 3.45. The van der Waals surface area contributed by atoms with Gasteiger partial charge in [-0.3, -0.25) is 4.72 Å². The predicted molar refractivity (Wildman–Crippen MR) is 122 cm³/mol. The SMILES string of the molecule is Cc1cc(Nc2ccc(NS(=O)(=O)Cc3ccc(F)cc3)cc2)nc(N2CCOCC2)n1. The minimum absolute atomic E-state index is 0.238. The van der Waals surface area contributed by atoms with Crippen LogP contribution in [0.5, 0.6) is 0 Å². The lowest BCUT2D eigenvalue weighted by Crippen LogP contribution is -2.37. The molecule has 0 unspecified atom stereocenters. The van der Waals surface area contributed by atoms with Gasteiger partial charge in [0.15, 0.2) is 0 Å². The Kier molecular flexibility index (Phi) is 6.52. The van der Waals surface area contributed by atoms with Gasteiger partial charge in [0.25, 0.3) is 0 Å². The molecule has 32 heavy (non-hydrogen) atoms. The number of rotatable bonds is 7. The Bertz CT molecular complexity index is 1170. The van der Waals surface area contributed by atoms with Gasteiger partial charge in [0.2, 0.25) is 16.0 Å². The molecule has 1 aromatic heterocycles. The third kappa shape index (κ3) is 5.92. The van der Waals surface area contributed by atoms with E-state index in [-0.39, 0.29) is 5.75 Å². The number of morpholine rings is 1. The van der Waals surface area contributed by atoms with Gasteiger partial charge in [-0.1, -0.05) is 12.1 Å². The Morgan fingerprint density at radius 1 is 1.00 bits per heavy atom. The van der Waals surface area contributed by atoms with Crippen LogP contribution in [-0.2, 0) is 20.5 Å². The summed E-state index contributed by atoms with van der Waals surface area (Å²) in [5.74, 6) is 0.667.